The van der Waals surface area contributed by atoms with E-state index >= 15 is 0 Å². The molecule has 1 aliphatic rings. The first kappa shape index (κ1) is 22.8. The molecule has 0 atom stereocenters. The molecule has 1 N–H and O–H groups in total. The average molecular weight is 461 g/mol. The maximum atomic E-state index is 14.0. The molecule has 9 heteroatoms. The maximum absolute atomic E-state index is 14.0. The van der Waals surface area contributed by atoms with Gasteiger partial charge in [-0.3, -0.25) is 4.79 Å². The lowest BCUT2D eigenvalue weighted by atomic mass is 10.0. The van der Waals surface area contributed by atoms with Crippen LogP contribution in [0.2, 0.25) is 0 Å². The number of benzene rings is 2. The minimum absolute atomic E-state index is 0.107. The van der Waals surface area contributed by atoms with Crippen LogP contribution < -0.4 is 5.32 Å². The van der Waals surface area contributed by atoms with Crippen molar-refractivity contribution in [2.45, 2.75) is 38.5 Å². The smallest absolute Gasteiger partial charge is 0.230 e. The molecular formula is C24H20F5N3O. The van der Waals surface area contributed by atoms with E-state index in [2.05, 4.69) is 15.3 Å². The lowest BCUT2D eigenvalue weighted by Crippen LogP contribution is -2.20. The summed E-state index contributed by atoms with van der Waals surface area (Å²) in [6, 6.07) is 9.31. The normalized spacial score (nSPS) is 14.0. The van der Waals surface area contributed by atoms with E-state index in [0.717, 1.165) is 31.2 Å². The van der Waals surface area contributed by atoms with E-state index in [1.165, 1.54) is 6.20 Å². The average Bonchev–Trinajstić information content (AvgIpc) is 3.34. The molecule has 1 amide bonds. The fraction of sp³-hybridized carbons (Fsp3) is 0.292. The number of amides is 1. The summed E-state index contributed by atoms with van der Waals surface area (Å²) in [7, 11) is 0. The minimum Gasteiger partial charge on any atom is -0.309 e. The van der Waals surface area contributed by atoms with E-state index in [1.807, 2.05) is 30.3 Å². The van der Waals surface area contributed by atoms with Crippen molar-refractivity contribution in [3.05, 3.63) is 76.9 Å². The van der Waals surface area contributed by atoms with Crippen LogP contribution in [0.15, 0.2) is 36.5 Å². The van der Waals surface area contributed by atoms with Gasteiger partial charge in [-0.05, 0) is 12.3 Å². The number of carbonyl (C=O) groups excluding carboxylic acids is 1. The Labute approximate surface area is 186 Å². The van der Waals surface area contributed by atoms with Gasteiger partial charge >= 0.3 is 0 Å². The van der Waals surface area contributed by atoms with Crippen LogP contribution in [-0.2, 0) is 17.6 Å². The molecule has 3 aromatic rings. The van der Waals surface area contributed by atoms with Gasteiger partial charge in [0.25, 0.3) is 0 Å². The van der Waals surface area contributed by atoms with Crippen molar-refractivity contribution in [3.63, 3.8) is 0 Å². The second kappa shape index (κ2) is 9.64. The largest absolute Gasteiger partial charge is 0.309 e. The highest BCUT2D eigenvalue weighted by Crippen LogP contribution is 2.30. The van der Waals surface area contributed by atoms with Crippen molar-refractivity contribution >= 4 is 11.7 Å². The Morgan fingerprint density at radius 1 is 0.909 bits per heavy atom. The summed E-state index contributed by atoms with van der Waals surface area (Å²) in [5.41, 5.74) is 0.738. The second-order valence-corrected chi connectivity index (χ2v) is 8.04. The zero-order valence-electron chi connectivity index (χ0n) is 17.5. The van der Waals surface area contributed by atoms with Crippen molar-refractivity contribution in [2.75, 3.05) is 5.32 Å². The zero-order valence-corrected chi connectivity index (χ0v) is 17.5. The van der Waals surface area contributed by atoms with Crippen LogP contribution in [0.5, 0.6) is 0 Å². The lowest BCUT2D eigenvalue weighted by Gasteiger charge is -2.15. The standard InChI is InChI=1S/C24H20F5N3O/c25-19-15(20(26)22(28)23(29)21(19)27)11-18(33)32-24-16(10-13-6-4-5-7-13)31-17(12-30-24)14-8-2-1-3-9-14/h1-3,8-9,12-13H,4-7,10-11H2,(H,30,32,33). The number of hydrogen-bond acceptors (Lipinski definition) is 3. The van der Waals surface area contributed by atoms with E-state index in [-0.39, 0.29) is 5.82 Å². The highest BCUT2D eigenvalue weighted by Gasteiger charge is 2.27. The summed E-state index contributed by atoms with van der Waals surface area (Å²) in [6.45, 7) is 0. The lowest BCUT2D eigenvalue weighted by molar-refractivity contribution is -0.115. The van der Waals surface area contributed by atoms with Gasteiger partial charge in [0.05, 0.1) is 24.0 Å². The minimum atomic E-state index is -2.27. The quantitative estimate of drug-likeness (QED) is 0.289. The van der Waals surface area contributed by atoms with Gasteiger partial charge in [-0.25, -0.2) is 31.9 Å². The number of carbonyl (C=O) groups is 1. The van der Waals surface area contributed by atoms with Gasteiger partial charge < -0.3 is 5.32 Å². The van der Waals surface area contributed by atoms with E-state index < -0.39 is 47.0 Å². The molecule has 4 nitrogen and oxygen atoms in total. The molecule has 1 aliphatic carbocycles. The van der Waals surface area contributed by atoms with Crippen LogP contribution in [0.1, 0.15) is 36.9 Å². The molecule has 0 radical (unpaired) electrons. The van der Waals surface area contributed by atoms with E-state index in [0.29, 0.717) is 23.7 Å². The van der Waals surface area contributed by atoms with Crippen LogP contribution in [0, 0.1) is 35.0 Å². The fourth-order valence-corrected chi connectivity index (χ4v) is 4.05. The summed E-state index contributed by atoms with van der Waals surface area (Å²) < 4.78 is 68.1. The summed E-state index contributed by atoms with van der Waals surface area (Å²) in [5.74, 6) is -11.0. The van der Waals surface area contributed by atoms with Gasteiger partial charge in [0.1, 0.15) is 0 Å². The molecule has 2 aromatic carbocycles. The SMILES string of the molecule is O=C(Cc1c(F)c(F)c(F)c(F)c1F)Nc1ncc(-c2ccccc2)nc1CC1CCCC1. The maximum Gasteiger partial charge on any atom is 0.230 e. The fourth-order valence-electron chi connectivity index (χ4n) is 4.05. The van der Waals surface area contributed by atoms with E-state index in [4.69, 9.17) is 0 Å². The highest BCUT2D eigenvalue weighted by atomic mass is 19.2. The number of aromatic nitrogens is 2. The Morgan fingerprint density at radius 3 is 2.15 bits per heavy atom. The molecule has 0 unspecified atom stereocenters. The van der Waals surface area contributed by atoms with E-state index in [1.54, 1.807) is 0 Å². The number of anilines is 1. The molecule has 172 valence electrons. The summed E-state index contributed by atoms with van der Waals surface area (Å²) in [6.07, 6.45) is 5.17. The van der Waals surface area contributed by atoms with Crippen molar-refractivity contribution < 1.29 is 26.7 Å². The predicted octanol–water partition coefficient (Wildman–Crippen LogP) is 5.75. The number of hydrogen-bond donors (Lipinski definition) is 1. The molecule has 1 saturated carbocycles. The monoisotopic (exact) mass is 461 g/mol. The molecular weight excluding hydrogens is 441 g/mol. The number of nitrogens with zero attached hydrogens (tertiary/aromatic N) is 2. The van der Waals surface area contributed by atoms with Crippen molar-refractivity contribution in [2.24, 2.45) is 5.92 Å². The topological polar surface area (TPSA) is 54.9 Å². The Hall–Kier alpha value is -3.36. The Kier molecular flexibility index (Phi) is 6.67. The third kappa shape index (κ3) is 4.86. The molecule has 0 saturated heterocycles. The van der Waals surface area contributed by atoms with Crippen LogP contribution in [0.3, 0.4) is 0 Å². The van der Waals surface area contributed by atoms with Crippen LogP contribution in [0.4, 0.5) is 27.8 Å². The third-order valence-corrected chi connectivity index (χ3v) is 5.77. The second-order valence-electron chi connectivity index (χ2n) is 8.04. The summed E-state index contributed by atoms with van der Waals surface area (Å²) in [4.78, 5) is 21.4. The molecule has 0 bridgehead atoms. The van der Waals surface area contributed by atoms with Gasteiger partial charge in [-0.15, -0.1) is 0 Å². The van der Waals surface area contributed by atoms with Gasteiger partial charge in [0, 0.05) is 11.1 Å². The Bertz CT molecular complexity index is 1150. The van der Waals surface area contributed by atoms with Gasteiger partial charge in [-0.1, -0.05) is 56.0 Å². The third-order valence-electron chi connectivity index (χ3n) is 5.77. The number of halogens is 5. The van der Waals surface area contributed by atoms with Crippen LogP contribution in [0.25, 0.3) is 11.3 Å². The first-order valence-corrected chi connectivity index (χ1v) is 10.6. The molecule has 33 heavy (non-hydrogen) atoms. The molecule has 1 aromatic heterocycles. The van der Waals surface area contributed by atoms with Crippen molar-refractivity contribution in [1.82, 2.24) is 9.97 Å². The molecule has 1 fully saturated rings. The van der Waals surface area contributed by atoms with E-state index in [9.17, 15) is 26.7 Å². The first-order valence-electron chi connectivity index (χ1n) is 10.6. The summed E-state index contributed by atoms with van der Waals surface area (Å²) in [5, 5.41) is 2.44. The van der Waals surface area contributed by atoms with Gasteiger partial charge in [-0.2, -0.15) is 0 Å². The van der Waals surface area contributed by atoms with Crippen LogP contribution >= 0.6 is 0 Å². The van der Waals surface area contributed by atoms with Crippen molar-refractivity contribution in [3.8, 4) is 11.3 Å². The molecule has 4 rings (SSSR count). The number of nitrogens with one attached hydrogen (secondary N) is 1. The Balaban J connectivity index is 1.61. The highest BCUT2D eigenvalue weighted by molar-refractivity contribution is 5.92. The molecule has 0 aliphatic heterocycles. The van der Waals surface area contributed by atoms with Crippen molar-refractivity contribution in [1.29, 1.82) is 0 Å². The molecule has 1 heterocycles. The zero-order chi connectivity index (χ0) is 23.5. The van der Waals surface area contributed by atoms with Gasteiger partial charge in [0.15, 0.2) is 29.1 Å². The number of rotatable bonds is 6. The van der Waals surface area contributed by atoms with Gasteiger partial charge in [0.2, 0.25) is 11.7 Å². The first-order chi connectivity index (χ1) is 15.8. The predicted molar refractivity (Wildman–Crippen MR) is 112 cm³/mol. The molecule has 0 spiro atoms. The summed E-state index contributed by atoms with van der Waals surface area (Å²) >= 11 is 0. The Morgan fingerprint density at radius 2 is 1.52 bits per heavy atom. The van der Waals surface area contributed by atoms with Crippen LogP contribution in [-0.4, -0.2) is 15.9 Å².